The van der Waals surface area contributed by atoms with Crippen LogP contribution in [0.25, 0.3) is 0 Å². The van der Waals surface area contributed by atoms with Gasteiger partial charge in [0.25, 0.3) is 0 Å². The minimum Gasteiger partial charge on any atom is -0.406 e. The molecule has 1 aromatic carbocycles. The van der Waals surface area contributed by atoms with E-state index in [9.17, 15) is 13.2 Å². The Kier molecular flexibility index (Phi) is 4.41. The predicted octanol–water partition coefficient (Wildman–Crippen LogP) is 4.43. The lowest BCUT2D eigenvalue weighted by Crippen LogP contribution is -2.18. The minimum absolute atomic E-state index is 0.149. The number of hydrogen-bond donors (Lipinski definition) is 0. The van der Waals surface area contributed by atoms with Crippen molar-refractivity contribution in [3.63, 3.8) is 0 Å². The number of alkyl halides is 3. The molecule has 0 aliphatic heterocycles. The zero-order valence-corrected chi connectivity index (χ0v) is 9.94. The summed E-state index contributed by atoms with van der Waals surface area (Å²) >= 11 is 3.16. The molecule has 0 heterocycles. The summed E-state index contributed by atoms with van der Waals surface area (Å²) in [7, 11) is 0. The van der Waals surface area contributed by atoms with Crippen molar-refractivity contribution in [3.05, 3.63) is 40.9 Å². The molecule has 0 unspecified atom stereocenters. The molecular weight excluding hydrogens is 285 g/mol. The molecule has 16 heavy (non-hydrogen) atoms. The lowest BCUT2D eigenvalue weighted by Gasteiger charge is -2.12. The Labute approximate surface area is 100 Å². The molecule has 0 spiro atoms. The van der Waals surface area contributed by atoms with Gasteiger partial charge in [-0.2, -0.15) is 0 Å². The van der Waals surface area contributed by atoms with E-state index in [1.54, 1.807) is 12.1 Å². The Hall–Kier alpha value is -0.970. The smallest absolute Gasteiger partial charge is 0.406 e. The number of para-hydroxylation sites is 1. The van der Waals surface area contributed by atoms with Gasteiger partial charge in [0.1, 0.15) is 5.75 Å². The molecule has 1 rings (SSSR count). The van der Waals surface area contributed by atoms with Crippen LogP contribution in [0.2, 0.25) is 0 Å². The van der Waals surface area contributed by atoms with E-state index >= 15 is 0 Å². The van der Waals surface area contributed by atoms with Gasteiger partial charge in [-0.3, -0.25) is 0 Å². The van der Waals surface area contributed by atoms with Crippen molar-refractivity contribution in [3.8, 4) is 5.75 Å². The van der Waals surface area contributed by atoms with E-state index in [1.807, 2.05) is 0 Å². The Morgan fingerprint density at radius 1 is 1.31 bits per heavy atom. The van der Waals surface area contributed by atoms with Crippen molar-refractivity contribution in [1.29, 1.82) is 0 Å². The summed E-state index contributed by atoms with van der Waals surface area (Å²) in [6, 6.07) is 6.10. The van der Waals surface area contributed by atoms with Gasteiger partial charge in [0, 0.05) is 0 Å². The Balaban J connectivity index is 2.79. The highest BCUT2D eigenvalue weighted by Crippen LogP contribution is 2.27. The van der Waals surface area contributed by atoms with Crippen LogP contribution in [0, 0.1) is 0 Å². The number of benzene rings is 1. The van der Waals surface area contributed by atoms with E-state index in [0.29, 0.717) is 18.4 Å². The third kappa shape index (κ3) is 4.70. The van der Waals surface area contributed by atoms with Crippen LogP contribution >= 0.6 is 15.9 Å². The molecule has 88 valence electrons. The number of halogens is 4. The molecule has 1 aromatic rings. The number of aryl methyl sites for hydroxylation is 1. The van der Waals surface area contributed by atoms with Crippen molar-refractivity contribution in [1.82, 2.24) is 0 Å². The second-order valence-electron chi connectivity index (χ2n) is 3.17. The SMILES string of the molecule is C=C(Br)CCc1ccccc1OC(F)(F)F. The van der Waals surface area contributed by atoms with Gasteiger partial charge < -0.3 is 4.74 Å². The topological polar surface area (TPSA) is 9.23 Å². The quantitative estimate of drug-likeness (QED) is 0.798. The van der Waals surface area contributed by atoms with Crippen LogP contribution in [0.5, 0.6) is 5.75 Å². The monoisotopic (exact) mass is 294 g/mol. The van der Waals surface area contributed by atoms with E-state index in [0.717, 1.165) is 4.48 Å². The van der Waals surface area contributed by atoms with Crippen molar-refractivity contribution in [2.45, 2.75) is 19.2 Å². The van der Waals surface area contributed by atoms with E-state index in [4.69, 9.17) is 0 Å². The highest BCUT2D eigenvalue weighted by atomic mass is 79.9. The summed E-state index contributed by atoms with van der Waals surface area (Å²) in [6.07, 6.45) is -3.63. The van der Waals surface area contributed by atoms with Crippen LogP contribution in [0.3, 0.4) is 0 Å². The predicted molar refractivity (Wildman–Crippen MR) is 59.5 cm³/mol. The fourth-order valence-electron chi connectivity index (χ4n) is 1.20. The van der Waals surface area contributed by atoms with Gasteiger partial charge >= 0.3 is 6.36 Å². The zero-order valence-electron chi connectivity index (χ0n) is 8.35. The fraction of sp³-hybridized carbons (Fsp3) is 0.273. The molecule has 0 N–H and O–H groups in total. The average molecular weight is 295 g/mol. The highest BCUT2D eigenvalue weighted by molar-refractivity contribution is 9.11. The molecular formula is C11H10BrF3O. The second kappa shape index (κ2) is 5.39. The Bertz CT molecular complexity index is 374. The first kappa shape index (κ1) is 13.1. The molecule has 1 nitrogen and oxygen atoms in total. The van der Waals surface area contributed by atoms with E-state index < -0.39 is 6.36 Å². The van der Waals surface area contributed by atoms with Crippen molar-refractivity contribution in [2.24, 2.45) is 0 Å². The molecule has 0 fully saturated rings. The first-order valence-electron chi connectivity index (χ1n) is 4.55. The third-order valence-corrected chi connectivity index (χ3v) is 2.26. The lowest BCUT2D eigenvalue weighted by atomic mass is 10.1. The summed E-state index contributed by atoms with van der Waals surface area (Å²) < 4.78 is 40.9. The molecule has 0 bridgehead atoms. The van der Waals surface area contributed by atoms with Crippen LogP contribution in [0.1, 0.15) is 12.0 Å². The molecule has 0 aromatic heterocycles. The Morgan fingerprint density at radius 2 is 1.94 bits per heavy atom. The van der Waals surface area contributed by atoms with E-state index in [1.165, 1.54) is 12.1 Å². The second-order valence-corrected chi connectivity index (χ2v) is 4.29. The maximum absolute atomic E-state index is 12.1. The lowest BCUT2D eigenvalue weighted by molar-refractivity contribution is -0.274. The summed E-state index contributed by atoms with van der Waals surface area (Å²) in [5, 5.41) is 0. The largest absolute Gasteiger partial charge is 0.573 e. The van der Waals surface area contributed by atoms with Gasteiger partial charge in [0.2, 0.25) is 0 Å². The number of rotatable bonds is 4. The van der Waals surface area contributed by atoms with E-state index in [2.05, 4.69) is 27.2 Å². The van der Waals surface area contributed by atoms with E-state index in [-0.39, 0.29) is 5.75 Å². The van der Waals surface area contributed by atoms with Gasteiger partial charge in [0.05, 0.1) is 0 Å². The van der Waals surface area contributed by atoms with Gasteiger partial charge in [-0.1, -0.05) is 40.7 Å². The molecule has 0 atom stereocenters. The summed E-state index contributed by atoms with van der Waals surface area (Å²) in [5.74, 6) is -0.149. The maximum atomic E-state index is 12.1. The Morgan fingerprint density at radius 3 is 2.50 bits per heavy atom. The molecule has 0 saturated heterocycles. The molecule has 0 radical (unpaired) electrons. The summed E-state index contributed by atoms with van der Waals surface area (Å²) in [4.78, 5) is 0. The number of hydrogen-bond acceptors (Lipinski definition) is 1. The number of ether oxygens (including phenoxy) is 1. The molecule has 5 heteroatoms. The van der Waals surface area contributed by atoms with Crippen molar-refractivity contribution < 1.29 is 17.9 Å². The maximum Gasteiger partial charge on any atom is 0.573 e. The molecule has 0 amide bonds. The molecule has 0 saturated carbocycles. The average Bonchev–Trinajstić information content (AvgIpc) is 2.14. The first-order valence-corrected chi connectivity index (χ1v) is 5.35. The standard InChI is InChI=1S/C11H10BrF3O/c1-8(12)6-7-9-4-2-3-5-10(9)16-11(13,14)15/h2-5H,1,6-7H2. The molecule has 0 aliphatic carbocycles. The van der Waals surface area contributed by atoms with Crippen LogP contribution < -0.4 is 4.74 Å². The third-order valence-electron chi connectivity index (χ3n) is 1.86. The van der Waals surface area contributed by atoms with Crippen LogP contribution in [0.15, 0.2) is 35.3 Å². The fourth-order valence-corrected chi connectivity index (χ4v) is 1.40. The normalized spacial score (nSPS) is 11.2. The van der Waals surface area contributed by atoms with Crippen LogP contribution in [0.4, 0.5) is 13.2 Å². The molecule has 0 aliphatic rings. The number of allylic oxidation sites excluding steroid dienone is 1. The minimum atomic E-state index is -4.65. The zero-order chi connectivity index (χ0) is 12.2. The van der Waals surface area contributed by atoms with Gasteiger partial charge in [0.15, 0.2) is 0 Å². The van der Waals surface area contributed by atoms with Gasteiger partial charge in [-0.05, 0) is 29.0 Å². The summed E-state index contributed by atoms with van der Waals surface area (Å²) in [6.45, 7) is 3.63. The first-order chi connectivity index (χ1) is 7.38. The summed E-state index contributed by atoms with van der Waals surface area (Å²) in [5.41, 5.74) is 0.514. The van der Waals surface area contributed by atoms with Crippen LogP contribution in [-0.2, 0) is 6.42 Å². The van der Waals surface area contributed by atoms with Gasteiger partial charge in [-0.15, -0.1) is 13.2 Å². The highest BCUT2D eigenvalue weighted by Gasteiger charge is 2.31. The van der Waals surface area contributed by atoms with Crippen LogP contribution in [-0.4, -0.2) is 6.36 Å². The van der Waals surface area contributed by atoms with Crippen molar-refractivity contribution in [2.75, 3.05) is 0 Å². The van der Waals surface area contributed by atoms with Gasteiger partial charge in [-0.25, -0.2) is 0 Å². The van der Waals surface area contributed by atoms with Crippen molar-refractivity contribution >= 4 is 15.9 Å².